The molecule has 0 atom stereocenters. The second-order valence-corrected chi connectivity index (χ2v) is 4.82. The third kappa shape index (κ3) is 2.24. The van der Waals surface area contributed by atoms with Crippen molar-refractivity contribution in [3.05, 3.63) is 53.1 Å². The van der Waals surface area contributed by atoms with E-state index in [1.807, 2.05) is 13.8 Å². The molecule has 106 valence electrons. The van der Waals surface area contributed by atoms with E-state index in [1.54, 1.807) is 12.1 Å². The van der Waals surface area contributed by atoms with Crippen LogP contribution in [0.4, 0.5) is 23.2 Å². The van der Waals surface area contributed by atoms with Crippen molar-refractivity contribution in [1.82, 2.24) is 0 Å². The predicted octanol–water partition coefficient (Wildman–Crippen LogP) is 4.62. The van der Waals surface area contributed by atoms with Gasteiger partial charge in [-0.2, -0.15) is 0 Å². The third-order valence-corrected chi connectivity index (χ3v) is 3.16. The molecular formula is C15H13F4N. The highest BCUT2D eigenvalue weighted by atomic mass is 19.2. The minimum absolute atomic E-state index is 0.0576. The third-order valence-electron chi connectivity index (χ3n) is 3.16. The lowest BCUT2D eigenvalue weighted by molar-refractivity contribution is 0.464. The van der Waals surface area contributed by atoms with Gasteiger partial charge in [0.05, 0.1) is 5.56 Å². The van der Waals surface area contributed by atoms with E-state index in [1.165, 1.54) is 12.1 Å². The summed E-state index contributed by atoms with van der Waals surface area (Å²) in [7, 11) is 0. The first-order valence-corrected chi connectivity index (χ1v) is 6.06. The van der Waals surface area contributed by atoms with E-state index in [0.717, 1.165) is 5.56 Å². The first-order valence-electron chi connectivity index (χ1n) is 6.06. The van der Waals surface area contributed by atoms with E-state index >= 15 is 0 Å². The Bertz CT molecular complexity index is 619. The lowest BCUT2D eigenvalue weighted by Gasteiger charge is -2.11. The van der Waals surface area contributed by atoms with Gasteiger partial charge >= 0.3 is 0 Å². The molecule has 2 aromatic rings. The largest absolute Gasteiger partial charge is 0.394 e. The standard InChI is InChI=1S/C15H13F4N/c1-7(2)8-3-5-9(6-4-8)10-11(16)13(18)15(20)14(19)12(10)17/h3-7H,20H2,1-2H3. The van der Waals surface area contributed by atoms with E-state index < -0.39 is 34.5 Å². The fourth-order valence-corrected chi connectivity index (χ4v) is 1.94. The van der Waals surface area contributed by atoms with Crippen molar-refractivity contribution >= 4 is 5.69 Å². The number of nitrogens with two attached hydrogens (primary N) is 1. The first-order chi connectivity index (χ1) is 9.34. The van der Waals surface area contributed by atoms with E-state index in [9.17, 15) is 17.6 Å². The van der Waals surface area contributed by atoms with Gasteiger partial charge < -0.3 is 5.73 Å². The molecule has 5 heteroatoms. The summed E-state index contributed by atoms with van der Waals surface area (Å²) < 4.78 is 54.4. The number of hydrogen-bond donors (Lipinski definition) is 1. The van der Waals surface area contributed by atoms with Crippen LogP contribution >= 0.6 is 0 Å². The van der Waals surface area contributed by atoms with Crippen LogP contribution in [0, 0.1) is 23.3 Å². The summed E-state index contributed by atoms with van der Waals surface area (Å²) in [4.78, 5) is 0. The molecule has 0 aliphatic rings. The van der Waals surface area contributed by atoms with Crippen LogP contribution in [0.3, 0.4) is 0 Å². The SMILES string of the molecule is CC(C)c1ccc(-c2c(F)c(F)c(N)c(F)c2F)cc1. The molecule has 0 saturated heterocycles. The normalized spacial score (nSPS) is 11.2. The Hall–Kier alpha value is -2.04. The van der Waals surface area contributed by atoms with Gasteiger partial charge in [-0.3, -0.25) is 0 Å². The van der Waals surface area contributed by atoms with E-state index in [2.05, 4.69) is 0 Å². The molecule has 0 spiro atoms. The lowest BCUT2D eigenvalue weighted by Crippen LogP contribution is -2.05. The number of benzene rings is 2. The van der Waals surface area contributed by atoms with E-state index in [-0.39, 0.29) is 11.5 Å². The Morgan fingerprint density at radius 1 is 0.800 bits per heavy atom. The molecule has 0 saturated carbocycles. The molecular weight excluding hydrogens is 270 g/mol. The maximum absolute atomic E-state index is 13.8. The van der Waals surface area contributed by atoms with Crippen LogP contribution in [0.1, 0.15) is 25.3 Å². The number of anilines is 1. The summed E-state index contributed by atoms with van der Waals surface area (Å²) in [5.74, 6) is -5.89. The Kier molecular flexibility index (Phi) is 3.70. The highest BCUT2D eigenvalue weighted by molar-refractivity contribution is 5.68. The van der Waals surface area contributed by atoms with Gasteiger partial charge in [-0.1, -0.05) is 38.1 Å². The van der Waals surface area contributed by atoms with Gasteiger partial charge in [-0.15, -0.1) is 0 Å². The molecule has 1 nitrogen and oxygen atoms in total. The minimum Gasteiger partial charge on any atom is -0.394 e. The summed E-state index contributed by atoms with van der Waals surface area (Å²) in [5, 5.41) is 0. The Morgan fingerprint density at radius 2 is 1.25 bits per heavy atom. The van der Waals surface area contributed by atoms with Crippen LogP contribution < -0.4 is 5.73 Å². The fraction of sp³-hybridized carbons (Fsp3) is 0.200. The molecule has 0 aliphatic carbocycles. The zero-order chi connectivity index (χ0) is 15.0. The zero-order valence-electron chi connectivity index (χ0n) is 11.0. The maximum Gasteiger partial charge on any atom is 0.185 e. The Morgan fingerprint density at radius 3 is 1.65 bits per heavy atom. The van der Waals surface area contributed by atoms with Crippen LogP contribution in [0.15, 0.2) is 24.3 Å². The molecule has 0 fully saturated rings. The van der Waals surface area contributed by atoms with Crippen molar-refractivity contribution in [2.75, 3.05) is 5.73 Å². The van der Waals surface area contributed by atoms with Gasteiger partial charge in [0.25, 0.3) is 0 Å². The average Bonchev–Trinajstić information content (AvgIpc) is 2.44. The number of rotatable bonds is 2. The second-order valence-electron chi connectivity index (χ2n) is 4.82. The molecule has 0 amide bonds. The first kappa shape index (κ1) is 14.4. The predicted molar refractivity (Wildman–Crippen MR) is 70.2 cm³/mol. The smallest absolute Gasteiger partial charge is 0.185 e. The molecule has 0 radical (unpaired) electrons. The number of halogens is 4. The molecule has 0 aliphatic heterocycles. The summed E-state index contributed by atoms with van der Waals surface area (Å²) in [5.41, 5.74) is 4.08. The quantitative estimate of drug-likeness (QED) is 0.486. The molecule has 2 N–H and O–H groups in total. The van der Waals surface area contributed by atoms with Gasteiger partial charge in [-0.05, 0) is 17.0 Å². The average molecular weight is 283 g/mol. The molecule has 0 heterocycles. The van der Waals surface area contributed by atoms with Crippen LogP contribution in [0.25, 0.3) is 11.1 Å². The number of hydrogen-bond acceptors (Lipinski definition) is 1. The van der Waals surface area contributed by atoms with Crippen LogP contribution in [0.5, 0.6) is 0 Å². The van der Waals surface area contributed by atoms with Crippen molar-refractivity contribution in [3.8, 4) is 11.1 Å². The second kappa shape index (κ2) is 5.15. The summed E-state index contributed by atoms with van der Waals surface area (Å²) >= 11 is 0. The van der Waals surface area contributed by atoms with Gasteiger partial charge in [0, 0.05) is 0 Å². The van der Waals surface area contributed by atoms with Crippen LogP contribution in [-0.4, -0.2) is 0 Å². The molecule has 2 rings (SSSR count). The molecule has 20 heavy (non-hydrogen) atoms. The summed E-state index contributed by atoms with van der Waals surface area (Å²) in [6, 6.07) is 6.16. The molecule has 0 aromatic heterocycles. The van der Waals surface area contributed by atoms with Crippen molar-refractivity contribution in [3.63, 3.8) is 0 Å². The maximum atomic E-state index is 13.8. The van der Waals surface area contributed by atoms with E-state index in [4.69, 9.17) is 5.73 Å². The summed E-state index contributed by atoms with van der Waals surface area (Å²) in [6.07, 6.45) is 0. The van der Waals surface area contributed by atoms with Crippen LogP contribution in [0.2, 0.25) is 0 Å². The van der Waals surface area contributed by atoms with Gasteiger partial charge in [-0.25, -0.2) is 17.6 Å². The Labute approximate surface area is 114 Å². The van der Waals surface area contributed by atoms with Gasteiger partial charge in [0.2, 0.25) is 0 Å². The topological polar surface area (TPSA) is 26.0 Å². The van der Waals surface area contributed by atoms with Crippen molar-refractivity contribution in [2.24, 2.45) is 0 Å². The van der Waals surface area contributed by atoms with Crippen molar-refractivity contribution in [1.29, 1.82) is 0 Å². The van der Waals surface area contributed by atoms with Crippen LogP contribution in [-0.2, 0) is 0 Å². The minimum atomic E-state index is -1.58. The summed E-state index contributed by atoms with van der Waals surface area (Å²) in [6.45, 7) is 3.91. The Balaban J connectivity index is 2.64. The molecule has 0 unspecified atom stereocenters. The fourth-order valence-electron chi connectivity index (χ4n) is 1.94. The van der Waals surface area contributed by atoms with E-state index in [0.29, 0.717) is 0 Å². The number of nitrogen functional groups attached to an aromatic ring is 1. The monoisotopic (exact) mass is 283 g/mol. The highest BCUT2D eigenvalue weighted by Crippen LogP contribution is 2.33. The van der Waals surface area contributed by atoms with Crippen molar-refractivity contribution < 1.29 is 17.6 Å². The highest BCUT2D eigenvalue weighted by Gasteiger charge is 2.24. The van der Waals surface area contributed by atoms with Gasteiger partial charge in [0.15, 0.2) is 23.3 Å². The van der Waals surface area contributed by atoms with Gasteiger partial charge in [0.1, 0.15) is 5.69 Å². The zero-order valence-corrected chi connectivity index (χ0v) is 11.0. The lowest BCUT2D eigenvalue weighted by atomic mass is 9.97. The molecule has 0 bridgehead atoms. The van der Waals surface area contributed by atoms with Crippen molar-refractivity contribution in [2.45, 2.75) is 19.8 Å². The molecule has 2 aromatic carbocycles.